The molecule has 2 aromatic heterocycles. The van der Waals surface area contributed by atoms with Crippen molar-refractivity contribution < 1.29 is 9.26 Å². The second-order valence-electron chi connectivity index (χ2n) is 4.72. The molecule has 0 radical (unpaired) electrons. The molecule has 23 heavy (non-hydrogen) atoms. The number of anilines is 1. The van der Waals surface area contributed by atoms with E-state index >= 15 is 0 Å². The zero-order chi connectivity index (χ0) is 16.1. The molecular weight excluding hydrogens is 292 g/mol. The molecule has 0 aliphatic rings. The molecule has 0 aliphatic carbocycles. The number of pyridine rings is 1. The van der Waals surface area contributed by atoms with Gasteiger partial charge >= 0.3 is 0 Å². The second-order valence-corrected chi connectivity index (χ2v) is 4.72. The normalized spacial score (nSPS) is 10.3. The third kappa shape index (κ3) is 3.21. The van der Waals surface area contributed by atoms with Crippen LogP contribution in [-0.4, -0.2) is 28.8 Å². The van der Waals surface area contributed by atoms with Crippen molar-refractivity contribution in [2.45, 2.75) is 0 Å². The number of methoxy groups -OCH3 is 1. The third-order valence-corrected chi connectivity index (χ3v) is 3.23. The van der Waals surface area contributed by atoms with Gasteiger partial charge in [-0.3, -0.25) is 0 Å². The van der Waals surface area contributed by atoms with Crippen LogP contribution in [0.3, 0.4) is 0 Å². The van der Waals surface area contributed by atoms with Crippen LogP contribution in [0.25, 0.3) is 22.8 Å². The molecule has 0 bridgehead atoms. The fourth-order valence-electron chi connectivity index (χ4n) is 2.08. The number of nitrogens with one attached hydrogen (secondary N) is 1. The van der Waals surface area contributed by atoms with Crippen molar-refractivity contribution in [2.75, 3.05) is 19.0 Å². The Morgan fingerprint density at radius 2 is 2.09 bits per heavy atom. The zero-order valence-corrected chi connectivity index (χ0v) is 12.7. The fraction of sp³-hybridized carbons (Fsp3) is 0.118. The fourth-order valence-corrected chi connectivity index (χ4v) is 2.08. The summed E-state index contributed by atoms with van der Waals surface area (Å²) in [4.78, 5) is 8.74. The lowest BCUT2D eigenvalue weighted by molar-refractivity contribution is 0.415. The summed E-state index contributed by atoms with van der Waals surface area (Å²) in [6, 6.07) is 11.2. The SMILES string of the molecule is C=CCNc1ncccc1-c1nc(-c2ccc(OC)cc2)no1. The maximum atomic E-state index is 5.38. The Balaban J connectivity index is 1.91. The maximum absolute atomic E-state index is 5.38. The van der Waals surface area contributed by atoms with E-state index in [-0.39, 0.29) is 0 Å². The van der Waals surface area contributed by atoms with Crippen LogP contribution < -0.4 is 10.1 Å². The molecule has 0 aliphatic heterocycles. The van der Waals surface area contributed by atoms with Gasteiger partial charge in [0.05, 0.1) is 12.7 Å². The first kappa shape index (κ1) is 14.8. The molecular formula is C17H16N4O2. The van der Waals surface area contributed by atoms with E-state index in [1.165, 1.54) is 0 Å². The molecule has 0 saturated heterocycles. The van der Waals surface area contributed by atoms with Crippen LogP contribution in [0.5, 0.6) is 5.75 Å². The topological polar surface area (TPSA) is 73.1 Å². The van der Waals surface area contributed by atoms with E-state index in [9.17, 15) is 0 Å². The van der Waals surface area contributed by atoms with Gasteiger partial charge < -0.3 is 14.6 Å². The van der Waals surface area contributed by atoms with Gasteiger partial charge in [-0.15, -0.1) is 6.58 Å². The summed E-state index contributed by atoms with van der Waals surface area (Å²) in [5.41, 5.74) is 1.60. The summed E-state index contributed by atoms with van der Waals surface area (Å²) < 4.78 is 10.5. The summed E-state index contributed by atoms with van der Waals surface area (Å²) >= 11 is 0. The van der Waals surface area contributed by atoms with Crippen LogP contribution in [0.15, 0.2) is 59.8 Å². The first-order valence-corrected chi connectivity index (χ1v) is 7.10. The minimum atomic E-state index is 0.412. The van der Waals surface area contributed by atoms with Gasteiger partial charge in [0.15, 0.2) is 0 Å². The van der Waals surface area contributed by atoms with Crippen molar-refractivity contribution >= 4 is 5.82 Å². The molecule has 0 atom stereocenters. The van der Waals surface area contributed by atoms with E-state index in [0.717, 1.165) is 16.9 Å². The van der Waals surface area contributed by atoms with Crippen molar-refractivity contribution in [3.05, 3.63) is 55.3 Å². The minimum absolute atomic E-state index is 0.412. The lowest BCUT2D eigenvalue weighted by atomic mass is 10.2. The van der Waals surface area contributed by atoms with Gasteiger partial charge in [0, 0.05) is 18.3 Å². The molecule has 0 spiro atoms. The van der Waals surface area contributed by atoms with E-state index in [1.807, 2.05) is 36.4 Å². The largest absolute Gasteiger partial charge is 0.497 e. The van der Waals surface area contributed by atoms with Crippen molar-refractivity contribution in [2.24, 2.45) is 0 Å². The van der Waals surface area contributed by atoms with Gasteiger partial charge in [0.25, 0.3) is 5.89 Å². The standard InChI is InChI=1S/C17H16N4O2/c1-3-10-18-16-14(5-4-11-19-16)17-20-15(21-23-17)12-6-8-13(22-2)9-7-12/h3-9,11H,1,10H2,2H3,(H,18,19). The third-order valence-electron chi connectivity index (χ3n) is 3.23. The minimum Gasteiger partial charge on any atom is -0.497 e. The lowest BCUT2D eigenvalue weighted by Crippen LogP contribution is -2.01. The van der Waals surface area contributed by atoms with Gasteiger partial charge in [-0.25, -0.2) is 4.98 Å². The molecule has 2 heterocycles. The number of rotatable bonds is 6. The van der Waals surface area contributed by atoms with Gasteiger partial charge in [-0.05, 0) is 36.4 Å². The Hall–Kier alpha value is -3.15. The van der Waals surface area contributed by atoms with Crippen LogP contribution in [0.1, 0.15) is 0 Å². The van der Waals surface area contributed by atoms with Crippen LogP contribution in [0, 0.1) is 0 Å². The van der Waals surface area contributed by atoms with E-state index in [2.05, 4.69) is 27.0 Å². The average molecular weight is 308 g/mol. The Bertz CT molecular complexity index is 796. The Morgan fingerprint density at radius 1 is 1.26 bits per heavy atom. The highest BCUT2D eigenvalue weighted by atomic mass is 16.5. The summed E-state index contributed by atoms with van der Waals surface area (Å²) in [6.45, 7) is 4.28. The van der Waals surface area contributed by atoms with Gasteiger partial charge in [0.1, 0.15) is 11.6 Å². The van der Waals surface area contributed by atoms with E-state index in [1.54, 1.807) is 19.4 Å². The van der Waals surface area contributed by atoms with E-state index in [0.29, 0.717) is 24.1 Å². The maximum Gasteiger partial charge on any atom is 0.261 e. The van der Waals surface area contributed by atoms with Crippen molar-refractivity contribution in [3.63, 3.8) is 0 Å². The smallest absolute Gasteiger partial charge is 0.261 e. The molecule has 6 heteroatoms. The highest BCUT2D eigenvalue weighted by molar-refractivity contribution is 5.70. The number of hydrogen-bond acceptors (Lipinski definition) is 6. The molecule has 0 unspecified atom stereocenters. The number of ether oxygens (including phenoxy) is 1. The summed E-state index contributed by atoms with van der Waals surface area (Å²) in [7, 11) is 1.63. The Labute approximate surface area is 133 Å². The van der Waals surface area contributed by atoms with Crippen LogP contribution in [0.4, 0.5) is 5.82 Å². The van der Waals surface area contributed by atoms with E-state index < -0.39 is 0 Å². The van der Waals surface area contributed by atoms with Gasteiger partial charge in [-0.1, -0.05) is 11.2 Å². The molecule has 0 fully saturated rings. The number of benzene rings is 1. The highest BCUT2D eigenvalue weighted by Gasteiger charge is 2.14. The summed E-state index contributed by atoms with van der Waals surface area (Å²) in [5, 5.41) is 7.19. The highest BCUT2D eigenvalue weighted by Crippen LogP contribution is 2.27. The summed E-state index contributed by atoms with van der Waals surface area (Å²) in [6.07, 6.45) is 3.46. The molecule has 3 rings (SSSR count). The summed E-state index contributed by atoms with van der Waals surface area (Å²) in [5.74, 6) is 2.38. The molecule has 3 aromatic rings. The predicted octanol–water partition coefficient (Wildman–Crippen LogP) is 3.41. The quantitative estimate of drug-likeness (QED) is 0.704. The Kier molecular flexibility index (Phi) is 4.33. The number of nitrogens with zero attached hydrogens (tertiary/aromatic N) is 3. The van der Waals surface area contributed by atoms with Crippen LogP contribution in [-0.2, 0) is 0 Å². The van der Waals surface area contributed by atoms with Crippen molar-refractivity contribution in [3.8, 4) is 28.6 Å². The van der Waals surface area contributed by atoms with Crippen LogP contribution in [0.2, 0.25) is 0 Å². The predicted molar refractivity (Wildman–Crippen MR) is 88.2 cm³/mol. The molecule has 116 valence electrons. The molecule has 0 amide bonds. The monoisotopic (exact) mass is 308 g/mol. The van der Waals surface area contributed by atoms with Crippen LogP contribution >= 0.6 is 0 Å². The average Bonchev–Trinajstić information content (AvgIpc) is 3.10. The molecule has 6 nitrogen and oxygen atoms in total. The molecule has 1 aromatic carbocycles. The first-order valence-electron chi connectivity index (χ1n) is 7.10. The lowest BCUT2D eigenvalue weighted by Gasteiger charge is -2.05. The Morgan fingerprint density at radius 3 is 2.83 bits per heavy atom. The number of aromatic nitrogens is 3. The van der Waals surface area contributed by atoms with Crippen molar-refractivity contribution in [1.29, 1.82) is 0 Å². The van der Waals surface area contributed by atoms with Crippen molar-refractivity contribution in [1.82, 2.24) is 15.1 Å². The van der Waals surface area contributed by atoms with E-state index in [4.69, 9.17) is 9.26 Å². The van der Waals surface area contributed by atoms with Gasteiger partial charge in [0.2, 0.25) is 5.82 Å². The molecule has 1 N–H and O–H groups in total. The first-order chi connectivity index (χ1) is 11.3. The van der Waals surface area contributed by atoms with Gasteiger partial charge in [-0.2, -0.15) is 4.98 Å². The number of hydrogen-bond donors (Lipinski definition) is 1. The second kappa shape index (κ2) is 6.74. The molecule has 0 saturated carbocycles. The zero-order valence-electron chi connectivity index (χ0n) is 12.7.